The third kappa shape index (κ3) is 8.00. The summed E-state index contributed by atoms with van der Waals surface area (Å²) in [5, 5.41) is 6.67. The zero-order valence-electron chi connectivity index (χ0n) is 17.7. The molecule has 0 saturated carbocycles. The molecule has 160 valence electrons. The summed E-state index contributed by atoms with van der Waals surface area (Å²) in [5.74, 6) is 3.15. The van der Waals surface area contributed by atoms with Crippen molar-refractivity contribution in [3.8, 4) is 17.2 Å². The number of ether oxygens (including phenoxy) is 3. The van der Waals surface area contributed by atoms with Crippen molar-refractivity contribution in [1.29, 1.82) is 0 Å². The molecule has 2 aromatic rings. The average Bonchev–Trinajstić information content (AvgIpc) is 2.73. The summed E-state index contributed by atoms with van der Waals surface area (Å²) in [6.07, 6.45) is 0.848. The Morgan fingerprint density at radius 2 is 1.69 bits per heavy atom. The summed E-state index contributed by atoms with van der Waals surface area (Å²) >= 11 is 0. The monoisotopic (exact) mass is 513 g/mol. The van der Waals surface area contributed by atoms with Crippen molar-refractivity contribution < 1.29 is 14.2 Å². The van der Waals surface area contributed by atoms with Crippen LogP contribution in [0.4, 0.5) is 0 Å². The molecule has 2 rings (SSSR count). The van der Waals surface area contributed by atoms with Gasteiger partial charge in [0, 0.05) is 18.7 Å². The molecule has 2 aromatic carbocycles. The molecule has 0 aliphatic rings. The Hall–Kier alpha value is -2.16. The van der Waals surface area contributed by atoms with Gasteiger partial charge in [0.15, 0.2) is 17.5 Å². The molecule has 29 heavy (non-hydrogen) atoms. The predicted molar refractivity (Wildman–Crippen MR) is 129 cm³/mol. The molecule has 0 atom stereocenters. The van der Waals surface area contributed by atoms with Crippen LogP contribution >= 0.6 is 24.0 Å². The predicted octanol–water partition coefficient (Wildman–Crippen LogP) is 4.02. The SMILES string of the molecule is CCNC(=NCc1ccccc1OCC)NCCc1ccc(OC)c(OC)c1.I. The third-order valence-electron chi connectivity index (χ3n) is 4.18. The highest BCUT2D eigenvalue weighted by atomic mass is 127. The number of rotatable bonds is 10. The lowest BCUT2D eigenvalue weighted by atomic mass is 10.1. The van der Waals surface area contributed by atoms with Crippen LogP contribution in [0.5, 0.6) is 17.2 Å². The lowest BCUT2D eigenvalue weighted by Gasteiger charge is -2.13. The highest BCUT2D eigenvalue weighted by molar-refractivity contribution is 14.0. The van der Waals surface area contributed by atoms with Gasteiger partial charge in [-0.3, -0.25) is 0 Å². The van der Waals surface area contributed by atoms with Gasteiger partial charge >= 0.3 is 0 Å². The molecule has 0 aromatic heterocycles. The largest absolute Gasteiger partial charge is 0.494 e. The molecule has 0 aliphatic heterocycles. The second-order valence-corrected chi connectivity index (χ2v) is 6.10. The number of hydrogen-bond donors (Lipinski definition) is 2. The minimum atomic E-state index is 0. The van der Waals surface area contributed by atoms with Gasteiger partial charge in [0.1, 0.15) is 5.75 Å². The van der Waals surface area contributed by atoms with Gasteiger partial charge in [-0.2, -0.15) is 0 Å². The Kier molecular flexibility index (Phi) is 11.9. The summed E-state index contributed by atoms with van der Waals surface area (Å²) in [7, 11) is 3.29. The van der Waals surface area contributed by atoms with Crippen LogP contribution in [0, 0.1) is 0 Å². The number of methoxy groups -OCH3 is 2. The maximum atomic E-state index is 5.68. The molecular weight excluding hydrogens is 481 g/mol. The standard InChI is InChI=1S/C22H31N3O3.HI/c1-5-23-22(25-16-18-9-7-8-10-19(18)28-6-2)24-14-13-17-11-12-20(26-3)21(15-17)27-4;/h7-12,15H,5-6,13-14,16H2,1-4H3,(H2,23,24,25);1H. The summed E-state index contributed by atoms with van der Waals surface area (Å²) < 4.78 is 16.3. The Balaban J connectivity index is 0.00000420. The van der Waals surface area contributed by atoms with Gasteiger partial charge in [-0.05, 0) is 44.0 Å². The molecule has 0 bridgehead atoms. The van der Waals surface area contributed by atoms with Crippen LogP contribution in [0.1, 0.15) is 25.0 Å². The van der Waals surface area contributed by atoms with Crippen molar-refractivity contribution in [1.82, 2.24) is 10.6 Å². The van der Waals surface area contributed by atoms with E-state index >= 15 is 0 Å². The number of nitrogens with zero attached hydrogens (tertiary/aromatic N) is 1. The van der Waals surface area contributed by atoms with Gasteiger partial charge in [0.2, 0.25) is 0 Å². The number of guanidine groups is 1. The Labute approximate surface area is 191 Å². The molecule has 0 aliphatic carbocycles. The first-order chi connectivity index (χ1) is 13.7. The molecule has 0 heterocycles. The zero-order chi connectivity index (χ0) is 20.2. The van der Waals surface area contributed by atoms with Gasteiger partial charge in [-0.25, -0.2) is 4.99 Å². The summed E-state index contributed by atoms with van der Waals surface area (Å²) in [4.78, 5) is 4.69. The second-order valence-electron chi connectivity index (χ2n) is 6.10. The number of aliphatic imine (C=N–C) groups is 1. The first kappa shape index (κ1) is 24.9. The van der Waals surface area contributed by atoms with Crippen LogP contribution in [0.25, 0.3) is 0 Å². The number of para-hydroxylation sites is 1. The van der Waals surface area contributed by atoms with Crippen LogP contribution in [0.3, 0.4) is 0 Å². The molecule has 2 N–H and O–H groups in total. The fourth-order valence-electron chi connectivity index (χ4n) is 2.80. The second kappa shape index (κ2) is 13.9. The van der Waals surface area contributed by atoms with E-state index in [1.165, 1.54) is 5.56 Å². The van der Waals surface area contributed by atoms with E-state index in [0.29, 0.717) is 13.2 Å². The summed E-state index contributed by atoms with van der Waals surface area (Å²) in [5.41, 5.74) is 2.24. The van der Waals surface area contributed by atoms with Gasteiger partial charge in [-0.15, -0.1) is 24.0 Å². The van der Waals surface area contributed by atoms with E-state index in [0.717, 1.165) is 48.3 Å². The molecule has 0 amide bonds. The third-order valence-corrected chi connectivity index (χ3v) is 4.18. The van der Waals surface area contributed by atoms with E-state index in [9.17, 15) is 0 Å². The molecule has 0 saturated heterocycles. The highest BCUT2D eigenvalue weighted by Gasteiger charge is 2.06. The Bertz CT molecular complexity index is 769. The van der Waals surface area contributed by atoms with Gasteiger partial charge in [0.25, 0.3) is 0 Å². The van der Waals surface area contributed by atoms with Crippen LogP contribution in [-0.4, -0.2) is 39.9 Å². The van der Waals surface area contributed by atoms with Gasteiger partial charge < -0.3 is 24.8 Å². The van der Waals surface area contributed by atoms with E-state index in [-0.39, 0.29) is 24.0 Å². The lowest BCUT2D eigenvalue weighted by molar-refractivity contribution is 0.336. The van der Waals surface area contributed by atoms with Gasteiger partial charge in [0.05, 0.1) is 27.4 Å². The fourth-order valence-corrected chi connectivity index (χ4v) is 2.80. The molecule has 6 nitrogen and oxygen atoms in total. The quantitative estimate of drug-likeness (QED) is 0.286. The Morgan fingerprint density at radius 1 is 0.931 bits per heavy atom. The van der Waals surface area contributed by atoms with E-state index in [1.807, 2.05) is 49.4 Å². The van der Waals surface area contributed by atoms with Crippen LogP contribution in [-0.2, 0) is 13.0 Å². The van der Waals surface area contributed by atoms with Crippen LogP contribution < -0.4 is 24.8 Å². The first-order valence-corrected chi connectivity index (χ1v) is 9.65. The van der Waals surface area contributed by atoms with Crippen LogP contribution in [0.15, 0.2) is 47.5 Å². The van der Waals surface area contributed by atoms with E-state index in [2.05, 4.69) is 22.5 Å². The van der Waals surface area contributed by atoms with Crippen molar-refractivity contribution in [3.05, 3.63) is 53.6 Å². The number of nitrogens with one attached hydrogen (secondary N) is 2. The Morgan fingerprint density at radius 3 is 2.38 bits per heavy atom. The number of halogens is 1. The van der Waals surface area contributed by atoms with Crippen molar-refractivity contribution in [2.75, 3.05) is 33.9 Å². The lowest BCUT2D eigenvalue weighted by Crippen LogP contribution is -2.38. The summed E-state index contributed by atoms with van der Waals surface area (Å²) in [6, 6.07) is 14.0. The van der Waals surface area contributed by atoms with Gasteiger partial charge in [-0.1, -0.05) is 24.3 Å². The van der Waals surface area contributed by atoms with Crippen LogP contribution in [0.2, 0.25) is 0 Å². The minimum absolute atomic E-state index is 0. The summed E-state index contributed by atoms with van der Waals surface area (Å²) in [6.45, 7) is 6.80. The zero-order valence-corrected chi connectivity index (χ0v) is 20.0. The number of benzene rings is 2. The normalized spacial score (nSPS) is 10.7. The first-order valence-electron chi connectivity index (χ1n) is 9.65. The van der Waals surface area contributed by atoms with Crippen molar-refractivity contribution >= 4 is 29.9 Å². The molecule has 0 radical (unpaired) electrons. The molecule has 0 fully saturated rings. The molecule has 0 unspecified atom stereocenters. The minimum Gasteiger partial charge on any atom is -0.494 e. The topological polar surface area (TPSA) is 64.1 Å². The molecule has 0 spiro atoms. The van der Waals surface area contributed by atoms with Crippen molar-refractivity contribution in [2.24, 2.45) is 4.99 Å². The van der Waals surface area contributed by atoms with Crippen molar-refractivity contribution in [2.45, 2.75) is 26.8 Å². The maximum Gasteiger partial charge on any atom is 0.191 e. The van der Waals surface area contributed by atoms with E-state index in [1.54, 1.807) is 14.2 Å². The number of hydrogen-bond acceptors (Lipinski definition) is 4. The smallest absolute Gasteiger partial charge is 0.191 e. The average molecular weight is 513 g/mol. The van der Waals surface area contributed by atoms with Crippen molar-refractivity contribution in [3.63, 3.8) is 0 Å². The molecular formula is C22H32IN3O3. The van der Waals surface area contributed by atoms with E-state index in [4.69, 9.17) is 14.2 Å². The maximum absolute atomic E-state index is 5.68. The fraction of sp³-hybridized carbons (Fsp3) is 0.409. The van der Waals surface area contributed by atoms with E-state index < -0.39 is 0 Å². The molecule has 7 heteroatoms. The highest BCUT2D eigenvalue weighted by Crippen LogP contribution is 2.27.